The summed E-state index contributed by atoms with van der Waals surface area (Å²) in [6.07, 6.45) is 0. The molecule has 0 aromatic heterocycles. The molecule has 0 spiro atoms. The summed E-state index contributed by atoms with van der Waals surface area (Å²) in [4.78, 5) is 4.15. The molecule has 7 nitrogen and oxygen atoms in total. The lowest BCUT2D eigenvalue weighted by atomic mass is 10.2. The van der Waals surface area contributed by atoms with Gasteiger partial charge in [0.15, 0.2) is 17.5 Å². The highest BCUT2D eigenvalue weighted by molar-refractivity contribution is 14.0. The number of hydrogen-bond acceptors (Lipinski definition) is 5. The molecule has 0 aliphatic heterocycles. The molecule has 0 unspecified atom stereocenters. The Labute approximate surface area is 191 Å². The molecule has 166 valence electrons. The molecule has 0 aliphatic carbocycles. The monoisotopic (exact) mass is 537 g/mol. The van der Waals surface area contributed by atoms with Crippen LogP contribution in [0.3, 0.4) is 0 Å². The van der Waals surface area contributed by atoms with Crippen LogP contribution in [0.25, 0.3) is 0 Å². The van der Waals surface area contributed by atoms with Gasteiger partial charge in [-0.25, -0.2) is 0 Å². The van der Waals surface area contributed by atoms with Gasteiger partial charge in [0.2, 0.25) is 0 Å². The number of halogens is 3. The Hall–Kier alpha value is -2.50. The van der Waals surface area contributed by atoms with Crippen LogP contribution in [-0.4, -0.2) is 40.9 Å². The summed E-state index contributed by atoms with van der Waals surface area (Å²) in [6.45, 7) is -2.30. The van der Waals surface area contributed by atoms with Gasteiger partial charge >= 0.3 is 6.61 Å². The number of benzene rings is 2. The Morgan fingerprint density at radius 2 is 1.63 bits per heavy atom. The molecule has 0 bridgehead atoms. The molecule has 0 fully saturated rings. The summed E-state index contributed by atoms with van der Waals surface area (Å²) in [5.74, 6) is 2.32. The maximum Gasteiger partial charge on any atom is 0.387 e. The first kappa shape index (κ1) is 25.5. The van der Waals surface area contributed by atoms with Crippen LogP contribution in [0.5, 0.6) is 23.0 Å². The minimum atomic E-state index is -2.92. The van der Waals surface area contributed by atoms with Crippen molar-refractivity contribution in [3.8, 4) is 23.0 Å². The lowest BCUT2D eigenvalue weighted by molar-refractivity contribution is -0.0504. The Balaban J connectivity index is 0.00000450. The van der Waals surface area contributed by atoms with Gasteiger partial charge in [0.05, 0.1) is 21.3 Å². The Kier molecular flexibility index (Phi) is 11.0. The molecule has 2 N–H and O–H groups in total. The minimum Gasteiger partial charge on any atom is -0.497 e. The average Bonchev–Trinajstić information content (AvgIpc) is 2.73. The Morgan fingerprint density at radius 1 is 0.933 bits per heavy atom. The van der Waals surface area contributed by atoms with Crippen LogP contribution in [0.4, 0.5) is 8.78 Å². The molecule has 2 aromatic rings. The van der Waals surface area contributed by atoms with Crippen LogP contribution in [0.15, 0.2) is 41.4 Å². The third kappa shape index (κ3) is 7.08. The van der Waals surface area contributed by atoms with Crippen molar-refractivity contribution in [1.29, 1.82) is 0 Å². The molecular formula is C20H26F2IN3O4. The molecular weight excluding hydrogens is 511 g/mol. The van der Waals surface area contributed by atoms with Gasteiger partial charge in [0.25, 0.3) is 0 Å². The topological polar surface area (TPSA) is 73.3 Å². The standard InChI is InChI=1S/C20H25F2N3O4.HI/c1-23-20(24-11-13-6-5-7-17(27-3)18(13)28-4)25-12-14-10-15(26-2)8-9-16(14)29-19(21)22;/h5-10,19H,11-12H2,1-4H3,(H2,23,24,25);1H. The quantitative estimate of drug-likeness (QED) is 0.288. The molecule has 0 heterocycles. The second-order valence-electron chi connectivity index (χ2n) is 5.78. The van der Waals surface area contributed by atoms with Gasteiger partial charge in [0, 0.05) is 31.3 Å². The van der Waals surface area contributed by atoms with Crippen molar-refractivity contribution in [2.24, 2.45) is 4.99 Å². The van der Waals surface area contributed by atoms with E-state index in [1.807, 2.05) is 18.2 Å². The normalized spacial score (nSPS) is 10.8. The van der Waals surface area contributed by atoms with Crippen molar-refractivity contribution in [3.63, 3.8) is 0 Å². The van der Waals surface area contributed by atoms with Gasteiger partial charge < -0.3 is 29.6 Å². The van der Waals surface area contributed by atoms with Gasteiger partial charge in [-0.05, 0) is 24.3 Å². The summed E-state index contributed by atoms with van der Waals surface area (Å²) >= 11 is 0. The van der Waals surface area contributed by atoms with E-state index < -0.39 is 6.61 Å². The van der Waals surface area contributed by atoms with E-state index in [1.54, 1.807) is 33.4 Å². The highest BCUT2D eigenvalue weighted by atomic mass is 127. The number of methoxy groups -OCH3 is 3. The van der Waals surface area contributed by atoms with Gasteiger partial charge in [0.1, 0.15) is 11.5 Å². The average molecular weight is 537 g/mol. The number of hydrogen-bond donors (Lipinski definition) is 2. The zero-order valence-electron chi connectivity index (χ0n) is 17.2. The highest BCUT2D eigenvalue weighted by Gasteiger charge is 2.13. The fourth-order valence-corrected chi connectivity index (χ4v) is 2.70. The molecule has 30 heavy (non-hydrogen) atoms. The van der Waals surface area contributed by atoms with E-state index in [0.29, 0.717) is 35.3 Å². The number of aliphatic imine (C=N–C) groups is 1. The number of nitrogens with zero attached hydrogens (tertiary/aromatic N) is 1. The Morgan fingerprint density at radius 3 is 2.20 bits per heavy atom. The first-order valence-electron chi connectivity index (χ1n) is 8.78. The van der Waals surface area contributed by atoms with E-state index in [9.17, 15) is 8.78 Å². The maximum absolute atomic E-state index is 12.7. The molecule has 0 saturated carbocycles. The van der Waals surface area contributed by atoms with Crippen molar-refractivity contribution in [2.75, 3.05) is 28.4 Å². The fourth-order valence-electron chi connectivity index (χ4n) is 2.70. The minimum absolute atomic E-state index is 0. The van der Waals surface area contributed by atoms with E-state index in [-0.39, 0.29) is 36.3 Å². The molecule has 2 aromatic carbocycles. The summed E-state index contributed by atoms with van der Waals surface area (Å²) in [5, 5.41) is 6.23. The maximum atomic E-state index is 12.7. The van der Waals surface area contributed by atoms with Crippen molar-refractivity contribution in [1.82, 2.24) is 10.6 Å². The van der Waals surface area contributed by atoms with Crippen LogP contribution >= 0.6 is 24.0 Å². The SMILES string of the molecule is CN=C(NCc1cc(OC)ccc1OC(F)F)NCc1cccc(OC)c1OC.I. The predicted octanol–water partition coefficient (Wildman–Crippen LogP) is 3.80. The van der Waals surface area contributed by atoms with Crippen molar-refractivity contribution < 1.29 is 27.7 Å². The van der Waals surface area contributed by atoms with Crippen LogP contribution in [0.2, 0.25) is 0 Å². The van der Waals surface area contributed by atoms with Gasteiger partial charge in [-0.1, -0.05) is 12.1 Å². The van der Waals surface area contributed by atoms with E-state index in [2.05, 4.69) is 20.4 Å². The summed E-state index contributed by atoms with van der Waals surface area (Å²) in [5.41, 5.74) is 1.38. The lowest BCUT2D eigenvalue weighted by Crippen LogP contribution is -2.36. The zero-order valence-corrected chi connectivity index (χ0v) is 19.5. The smallest absolute Gasteiger partial charge is 0.387 e. The number of guanidine groups is 1. The van der Waals surface area contributed by atoms with Crippen LogP contribution < -0.4 is 29.6 Å². The van der Waals surface area contributed by atoms with Gasteiger partial charge in [-0.15, -0.1) is 24.0 Å². The second kappa shape index (κ2) is 12.9. The molecule has 10 heteroatoms. The number of alkyl halides is 2. The van der Waals surface area contributed by atoms with E-state index in [4.69, 9.17) is 14.2 Å². The van der Waals surface area contributed by atoms with Crippen molar-refractivity contribution in [2.45, 2.75) is 19.7 Å². The molecule has 0 aliphatic rings. The molecule has 0 amide bonds. The van der Waals surface area contributed by atoms with Crippen LogP contribution in [-0.2, 0) is 13.1 Å². The summed E-state index contributed by atoms with van der Waals surface area (Å²) in [7, 11) is 6.26. The first-order valence-corrected chi connectivity index (χ1v) is 8.78. The van der Waals surface area contributed by atoms with Crippen LogP contribution in [0, 0.1) is 0 Å². The molecule has 0 atom stereocenters. The molecule has 0 radical (unpaired) electrons. The van der Waals surface area contributed by atoms with E-state index in [1.165, 1.54) is 13.2 Å². The van der Waals surface area contributed by atoms with Gasteiger partial charge in [-0.3, -0.25) is 4.99 Å². The summed E-state index contributed by atoms with van der Waals surface area (Å²) in [6, 6.07) is 10.2. The van der Waals surface area contributed by atoms with Crippen molar-refractivity contribution in [3.05, 3.63) is 47.5 Å². The molecule has 0 saturated heterocycles. The fraction of sp³-hybridized carbons (Fsp3) is 0.350. The van der Waals surface area contributed by atoms with Crippen LogP contribution in [0.1, 0.15) is 11.1 Å². The van der Waals surface area contributed by atoms with Gasteiger partial charge in [-0.2, -0.15) is 8.78 Å². The zero-order chi connectivity index (χ0) is 21.2. The third-order valence-corrected chi connectivity index (χ3v) is 4.08. The van der Waals surface area contributed by atoms with Crippen molar-refractivity contribution >= 4 is 29.9 Å². The Bertz CT molecular complexity index is 838. The largest absolute Gasteiger partial charge is 0.497 e. The highest BCUT2D eigenvalue weighted by Crippen LogP contribution is 2.30. The first-order chi connectivity index (χ1) is 14.0. The van der Waals surface area contributed by atoms with E-state index in [0.717, 1.165) is 5.56 Å². The second-order valence-corrected chi connectivity index (χ2v) is 5.78. The summed E-state index contributed by atoms with van der Waals surface area (Å²) < 4.78 is 45.8. The predicted molar refractivity (Wildman–Crippen MR) is 122 cm³/mol. The number of para-hydroxylation sites is 1. The number of nitrogens with one attached hydrogen (secondary N) is 2. The molecule has 2 rings (SSSR count). The lowest BCUT2D eigenvalue weighted by Gasteiger charge is -2.17. The third-order valence-electron chi connectivity index (χ3n) is 4.08. The van der Waals surface area contributed by atoms with E-state index >= 15 is 0 Å². The number of rotatable bonds is 9. The number of ether oxygens (including phenoxy) is 4.